The Balaban J connectivity index is 1.57. The van der Waals surface area contributed by atoms with Crippen molar-refractivity contribution in [2.24, 2.45) is 5.92 Å². The maximum Gasteiger partial charge on any atom is 0.416 e. The predicted octanol–water partition coefficient (Wildman–Crippen LogP) is 1.96. The Labute approximate surface area is 176 Å². The van der Waals surface area contributed by atoms with Crippen molar-refractivity contribution in [1.29, 1.82) is 0 Å². The lowest BCUT2D eigenvalue weighted by atomic mass is 9.98. The van der Waals surface area contributed by atoms with E-state index in [9.17, 15) is 31.2 Å². The minimum Gasteiger partial charge on any atom is -0.273 e. The van der Waals surface area contributed by atoms with Gasteiger partial charge in [0.1, 0.15) is 0 Å². The Morgan fingerprint density at radius 3 is 2.39 bits per heavy atom. The lowest BCUT2D eigenvalue weighted by molar-refractivity contribution is -0.137. The molecule has 1 saturated heterocycles. The summed E-state index contributed by atoms with van der Waals surface area (Å²) in [5.74, 6) is -1.58. The Morgan fingerprint density at radius 2 is 1.77 bits per heavy atom. The van der Waals surface area contributed by atoms with Crippen LogP contribution < -0.4 is 10.9 Å². The quantitative estimate of drug-likeness (QED) is 0.684. The summed E-state index contributed by atoms with van der Waals surface area (Å²) in [5, 5.41) is 0. The normalized spacial score (nSPS) is 16.0. The SMILES string of the molecule is O=C(NNC(=O)C1CCN(S(=O)(=O)c2cccc(C(F)(F)F)c2)CC1)c1cccnc1. The molecule has 0 spiro atoms. The number of benzene rings is 1. The number of amides is 2. The fourth-order valence-corrected chi connectivity index (χ4v) is 4.65. The monoisotopic (exact) mass is 456 g/mol. The Bertz CT molecular complexity index is 1050. The second kappa shape index (κ2) is 9.02. The average molecular weight is 456 g/mol. The van der Waals surface area contributed by atoms with Crippen LogP contribution >= 0.6 is 0 Å². The van der Waals surface area contributed by atoms with Gasteiger partial charge in [0.25, 0.3) is 5.91 Å². The molecule has 0 saturated carbocycles. The van der Waals surface area contributed by atoms with Crippen LogP contribution in [-0.4, -0.2) is 42.6 Å². The summed E-state index contributed by atoms with van der Waals surface area (Å²) >= 11 is 0. The number of hydrazine groups is 1. The molecule has 1 aliphatic rings. The number of nitrogens with one attached hydrogen (secondary N) is 2. The molecule has 1 aromatic carbocycles. The number of piperidine rings is 1. The second-order valence-corrected chi connectivity index (χ2v) is 8.83. The molecule has 2 N–H and O–H groups in total. The molecule has 3 rings (SSSR count). The zero-order valence-corrected chi connectivity index (χ0v) is 16.9. The molecule has 1 aliphatic heterocycles. The summed E-state index contributed by atoms with van der Waals surface area (Å²) in [6.07, 6.45) is -1.51. The first-order valence-corrected chi connectivity index (χ1v) is 10.7. The van der Waals surface area contributed by atoms with Gasteiger partial charge in [-0.15, -0.1) is 0 Å². The van der Waals surface area contributed by atoms with E-state index in [1.165, 1.54) is 18.5 Å². The molecule has 31 heavy (non-hydrogen) atoms. The molecule has 12 heteroatoms. The van der Waals surface area contributed by atoms with E-state index in [0.29, 0.717) is 6.07 Å². The third kappa shape index (κ3) is 5.39. The first-order valence-electron chi connectivity index (χ1n) is 9.26. The van der Waals surface area contributed by atoms with Gasteiger partial charge in [0.05, 0.1) is 16.0 Å². The van der Waals surface area contributed by atoms with E-state index in [1.54, 1.807) is 6.07 Å². The fraction of sp³-hybridized carbons (Fsp3) is 0.316. The number of hydrogen-bond donors (Lipinski definition) is 2. The van der Waals surface area contributed by atoms with Gasteiger partial charge in [-0.2, -0.15) is 17.5 Å². The van der Waals surface area contributed by atoms with Crippen molar-refractivity contribution in [3.05, 3.63) is 59.9 Å². The summed E-state index contributed by atoms with van der Waals surface area (Å²) in [6.45, 7) is -0.0690. The molecule has 0 bridgehead atoms. The average Bonchev–Trinajstić information content (AvgIpc) is 2.77. The highest BCUT2D eigenvalue weighted by molar-refractivity contribution is 7.89. The van der Waals surface area contributed by atoms with Gasteiger partial charge >= 0.3 is 6.18 Å². The van der Waals surface area contributed by atoms with E-state index in [1.807, 2.05) is 0 Å². The maximum atomic E-state index is 12.9. The van der Waals surface area contributed by atoms with Crippen LogP contribution in [0.3, 0.4) is 0 Å². The van der Waals surface area contributed by atoms with Crippen molar-refractivity contribution in [3.8, 4) is 0 Å². The lowest BCUT2D eigenvalue weighted by Gasteiger charge is -2.30. The molecule has 8 nitrogen and oxygen atoms in total. The molecule has 0 atom stereocenters. The van der Waals surface area contributed by atoms with Crippen molar-refractivity contribution < 1.29 is 31.2 Å². The highest BCUT2D eigenvalue weighted by atomic mass is 32.2. The predicted molar refractivity (Wildman–Crippen MR) is 103 cm³/mol. The molecule has 0 radical (unpaired) electrons. The van der Waals surface area contributed by atoms with Gasteiger partial charge in [-0.3, -0.25) is 25.4 Å². The van der Waals surface area contributed by atoms with Crippen molar-refractivity contribution >= 4 is 21.8 Å². The minimum atomic E-state index is -4.66. The zero-order chi connectivity index (χ0) is 22.6. The smallest absolute Gasteiger partial charge is 0.273 e. The highest BCUT2D eigenvalue weighted by Crippen LogP contribution is 2.32. The van der Waals surface area contributed by atoms with E-state index in [0.717, 1.165) is 22.5 Å². The third-order valence-electron chi connectivity index (χ3n) is 4.85. The molecule has 1 aromatic heterocycles. The molecule has 2 heterocycles. The number of nitrogens with zero attached hydrogens (tertiary/aromatic N) is 2. The number of sulfonamides is 1. The van der Waals surface area contributed by atoms with Gasteiger partial charge in [-0.05, 0) is 43.2 Å². The first-order chi connectivity index (χ1) is 14.6. The van der Waals surface area contributed by atoms with Gasteiger partial charge in [0.15, 0.2) is 0 Å². The number of hydrogen-bond acceptors (Lipinski definition) is 5. The number of pyridine rings is 1. The van der Waals surface area contributed by atoms with Crippen LogP contribution in [0.4, 0.5) is 13.2 Å². The molecule has 2 amide bonds. The third-order valence-corrected chi connectivity index (χ3v) is 6.74. The largest absolute Gasteiger partial charge is 0.416 e. The Hall–Kier alpha value is -2.99. The van der Waals surface area contributed by atoms with E-state index in [-0.39, 0.29) is 31.5 Å². The Morgan fingerprint density at radius 1 is 1.06 bits per heavy atom. The van der Waals surface area contributed by atoms with E-state index in [2.05, 4.69) is 15.8 Å². The van der Waals surface area contributed by atoms with Crippen molar-refractivity contribution in [3.63, 3.8) is 0 Å². The summed E-state index contributed by atoms with van der Waals surface area (Å²) in [6, 6.07) is 6.64. The standard InChI is InChI=1S/C19H19F3N4O4S/c20-19(21,22)15-4-1-5-16(11-15)31(29,30)26-9-6-13(7-10-26)17(27)24-25-18(28)14-3-2-8-23-12-14/h1-5,8,11-13H,6-7,9-10H2,(H,24,27)(H,25,28). The number of carbonyl (C=O) groups excluding carboxylic acids is 2. The molecular weight excluding hydrogens is 437 g/mol. The number of carbonyl (C=O) groups is 2. The van der Waals surface area contributed by atoms with E-state index < -0.39 is 44.4 Å². The number of halogens is 3. The lowest BCUT2D eigenvalue weighted by Crippen LogP contribution is -2.48. The molecule has 166 valence electrons. The van der Waals surface area contributed by atoms with Crippen LogP contribution in [0.25, 0.3) is 0 Å². The van der Waals surface area contributed by atoms with Crippen LogP contribution in [0.1, 0.15) is 28.8 Å². The first kappa shape index (κ1) is 22.7. The summed E-state index contributed by atoms with van der Waals surface area (Å²) in [7, 11) is -4.13. The summed E-state index contributed by atoms with van der Waals surface area (Å²) in [4.78, 5) is 27.6. The van der Waals surface area contributed by atoms with Gasteiger partial charge in [0.2, 0.25) is 15.9 Å². The molecule has 0 unspecified atom stereocenters. The van der Waals surface area contributed by atoms with Crippen molar-refractivity contribution in [1.82, 2.24) is 20.1 Å². The summed E-state index contributed by atoms with van der Waals surface area (Å²) < 4.78 is 65.1. The van der Waals surface area contributed by atoms with E-state index >= 15 is 0 Å². The van der Waals surface area contributed by atoms with Crippen LogP contribution in [0.5, 0.6) is 0 Å². The zero-order valence-electron chi connectivity index (χ0n) is 16.1. The second-order valence-electron chi connectivity index (χ2n) is 6.89. The number of aromatic nitrogens is 1. The topological polar surface area (TPSA) is 108 Å². The number of rotatable bonds is 4. The number of alkyl halides is 3. The molecular formula is C19H19F3N4O4S. The minimum absolute atomic E-state index is 0.0345. The van der Waals surface area contributed by atoms with Crippen molar-refractivity contribution in [2.75, 3.05) is 13.1 Å². The molecule has 0 aliphatic carbocycles. The Kier molecular flexibility index (Phi) is 6.60. The fourth-order valence-electron chi connectivity index (χ4n) is 3.13. The van der Waals surface area contributed by atoms with Gasteiger partial charge in [-0.25, -0.2) is 8.42 Å². The van der Waals surface area contributed by atoms with Gasteiger partial charge in [-0.1, -0.05) is 6.07 Å². The van der Waals surface area contributed by atoms with Crippen LogP contribution in [0, 0.1) is 5.92 Å². The summed E-state index contributed by atoms with van der Waals surface area (Å²) in [5.41, 5.74) is 3.77. The highest BCUT2D eigenvalue weighted by Gasteiger charge is 2.35. The van der Waals surface area contributed by atoms with Gasteiger partial charge in [0, 0.05) is 31.4 Å². The van der Waals surface area contributed by atoms with Crippen LogP contribution in [0.2, 0.25) is 0 Å². The van der Waals surface area contributed by atoms with Crippen LogP contribution in [-0.2, 0) is 21.0 Å². The maximum absolute atomic E-state index is 12.9. The molecule has 1 fully saturated rings. The molecule has 2 aromatic rings. The van der Waals surface area contributed by atoms with Crippen molar-refractivity contribution in [2.45, 2.75) is 23.9 Å². The van der Waals surface area contributed by atoms with Gasteiger partial charge < -0.3 is 0 Å². The van der Waals surface area contributed by atoms with Crippen LogP contribution in [0.15, 0.2) is 53.7 Å². The van der Waals surface area contributed by atoms with E-state index in [4.69, 9.17) is 0 Å².